The maximum atomic E-state index is 11.3. The molecule has 0 fully saturated rings. The summed E-state index contributed by atoms with van der Waals surface area (Å²) in [6.45, 7) is 1.96. The molecule has 0 saturated heterocycles. The van der Waals surface area contributed by atoms with Gasteiger partial charge in [0.25, 0.3) is 0 Å². The minimum absolute atomic E-state index is 0.323. The lowest BCUT2D eigenvalue weighted by molar-refractivity contribution is 0.0601. The predicted octanol–water partition coefficient (Wildman–Crippen LogP) is 3.35. The maximum Gasteiger partial charge on any atom is 0.337 e. The quantitative estimate of drug-likeness (QED) is 0.787. The Labute approximate surface area is 112 Å². The summed E-state index contributed by atoms with van der Waals surface area (Å²) in [5.41, 5.74) is 3.46. The number of rotatable bonds is 3. The van der Waals surface area contributed by atoms with Crippen LogP contribution in [0.1, 0.15) is 27.3 Å². The highest BCUT2D eigenvalue weighted by atomic mass is 16.5. The van der Waals surface area contributed by atoms with Crippen molar-refractivity contribution in [3.8, 4) is 0 Å². The largest absolute Gasteiger partial charge is 0.465 e. The molecule has 0 aliphatic rings. The number of ether oxygens (including phenoxy) is 1. The van der Waals surface area contributed by atoms with Gasteiger partial charge in [-0.2, -0.15) is 0 Å². The van der Waals surface area contributed by atoms with Gasteiger partial charge in [0.2, 0.25) is 0 Å². The van der Waals surface area contributed by atoms with E-state index < -0.39 is 0 Å². The number of hydrogen-bond donors (Lipinski definition) is 0. The van der Waals surface area contributed by atoms with Gasteiger partial charge in [0.15, 0.2) is 0 Å². The van der Waals surface area contributed by atoms with Gasteiger partial charge >= 0.3 is 5.97 Å². The van der Waals surface area contributed by atoms with Gasteiger partial charge in [-0.15, -0.1) is 0 Å². The van der Waals surface area contributed by atoms with Gasteiger partial charge in [0.05, 0.1) is 18.4 Å². The predicted molar refractivity (Wildman–Crippen MR) is 75.7 cm³/mol. The zero-order valence-corrected chi connectivity index (χ0v) is 11.0. The second-order valence-electron chi connectivity index (χ2n) is 4.15. The summed E-state index contributed by atoms with van der Waals surface area (Å²) in [6.07, 6.45) is 3.91. The fraction of sp³-hybridized carbons (Fsp3) is 0.125. The van der Waals surface area contributed by atoms with Gasteiger partial charge in [-0.25, -0.2) is 4.79 Å². The number of nitrogens with zero attached hydrogens (tertiary/aromatic N) is 1. The van der Waals surface area contributed by atoms with E-state index in [1.165, 1.54) is 7.11 Å². The molecule has 3 heteroatoms. The van der Waals surface area contributed by atoms with Crippen LogP contribution in [0.15, 0.2) is 42.5 Å². The topological polar surface area (TPSA) is 39.2 Å². The van der Waals surface area contributed by atoms with Crippen LogP contribution in [-0.2, 0) is 4.74 Å². The smallest absolute Gasteiger partial charge is 0.337 e. The molecule has 1 aromatic carbocycles. The van der Waals surface area contributed by atoms with Gasteiger partial charge in [-0.05, 0) is 42.8 Å². The average Bonchev–Trinajstić information content (AvgIpc) is 2.45. The summed E-state index contributed by atoms with van der Waals surface area (Å²) < 4.78 is 4.65. The minimum Gasteiger partial charge on any atom is -0.465 e. The van der Waals surface area contributed by atoms with Crippen LogP contribution < -0.4 is 0 Å². The molecule has 0 bridgehead atoms. The molecule has 0 unspecified atom stereocenters. The molecule has 96 valence electrons. The average molecular weight is 253 g/mol. The maximum absolute atomic E-state index is 11.3. The van der Waals surface area contributed by atoms with E-state index in [2.05, 4.69) is 9.72 Å². The Morgan fingerprint density at radius 1 is 1.11 bits per heavy atom. The molecule has 2 rings (SSSR count). The second kappa shape index (κ2) is 5.96. The van der Waals surface area contributed by atoms with E-state index in [0.717, 1.165) is 17.0 Å². The van der Waals surface area contributed by atoms with E-state index in [-0.39, 0.29) is 5.97 Å². The molecule has 0 spiro atoms. The first-order valence-corrected chi connectivity index (χ1v) is 5.99. The highest BCUT2D eigenvalue weighted by Gasteiger charge is 2.02. The molecule has 2 aromatic rings. The molecule has 0 saturated carbocycles. The van der Waals surface area contributed by atoms with Crippen LogP contribution in [0.2, 0.25) is 0 Å². The first kappa shape index (κ1) is 13.0. The summed E-state index contributed by atoms with van der Waals surface area (Å²) in [4.78, 5) is 15.7. The van der Waals surface area contributed by atoms with E-state index in [0.29, 0.717) is 5.56 Å². The molecule has 0 aliphatic carbocycles. The van der Waals surface area contributed by atoms with Crippen molar-refractivity contribution in [2.75, 3.05) is 7.11 Å². The third kappa shape index (κ3) is 3.52. The molecular weight excluding hydrogens is 238 g/mol. The molecule has 1 heterocycles. The number of carbonyl (C=O) groups is 1. The van der Waals surface area contributed by atoms with E-state index in [4.69, 9.17) is 0 Å². The summed E-state index contributed by atoms with van der Waals surface area (Å²) in [6, 6.07) is 13.1. The van der Waals surface area contributed by atoms with E-state index in [1.807, 2.05) is 49.4 Å². The van der Waals surface area contributed by atoms with Crippen molar-refractivity contribution in [2.45, 2.75) is 6.92 Å². The van der Waals surface area contributed by atoms with Crippen molar-refractivity contribution in [3.63, 3.8) is 0 Å². The Kier molecular flexibility index (Phi) is 4.08. The molecule has 0 atom stereocenters. The van der Waals surface area contributed by atoms with Gasteiger partial charge < -0.3 is 4.74 Å². The van der Waals surface area contributed by atoms with Crippen molar-refractivity contribution in [1.82, 2.24) is 4.98 Å². The van der Waals surface area contributed by atoms with Crippen LogP contribution in [0, 0.1) is 6.92 Å². The monoisotopic (exact) mass is 253 g/mol. The number of methoxy groups -OCH3 is 1. The normalized spacial score (nSPS) is 10.6. The van der Waals surface area contributed by atoms with Crippen LogP contribution in [-0.4, -0.2) is 18.1 Å². The first-order chi connectivity index (χ1) is 9.19. The Morgan fingerprint density at radius 3 is 2.47 bits per heavy atom. The standard InChI is InChI=1S/C16H15NO2/c1-12-4-3-5-15(17-12)11-8-13-6-9-14(10-7-13)16(18)19-2/h3-11H,1-2H3. The van der Waals surface area contributed by atoms with E-state index in [9.17, 15) is 4.79 Å². The van der Waals surface area contributed by atoms with Crippen LogP contribution in [0.4, 0.5) is 0 Å². The Morgan fingerprint density at radius 2 is 1.84 bits per heavy atom. The van der Waals surface area contributed by atoms with Crippen LogP contribution in [0.5, 0.6) is 0 Å². The number of esters is 1. The Bertz CT molecular complexity index is 600. The molecule has 3 nitrogen and oxygen atoms in total. The fourth-order valence-corrected chi connectivity index (χ4v) is 1.69. The lowest BCUT2D eigenvalue weighted by Crippen LogP contribution is -2.00. The third-order valence-corrected chi connectivity index (χ3v) is 2.69. The number of benzene rings is 1. The summed E-state index contributed by atoms with van der Waals surface area (Å²) in [5, 5.41) is 0. The van der Waals surface area contributed by atoms with Crippen LogP contribution in [0.3, 0.4) is 0 Å². The summed E-state index contributed by atoms with van der Waals surface area (Å²) in [7, 11) is 1.37. The number of hydrogen-bond acceptors (Lipinski definition) is 3. The summed E-state index contributed by atoms with van der Waals surface area (Å²) in [5.74, 6) is -0.323. The molecule has 19 heavy (non-hydrogen) atoms. The Hall–Kier alpha value is -2.42. The molecule has 0 N–H and O–H groups in total. The van der Waals surface area contributed by atoms with Gasteiger partial charge in [-0.1, -0.05) is 24.3 Å². The highest BCUT2D eigenvalue weighted by Crippen LogP contribution is 2.09. The Balaban J connectivity index is 2.13. The lowest BCUT2D eigenvalue weighted by atomic mass is 10.1. The molecule has 0 amide bonds. The van der Waals surface area contributed by atoms with Gasteiger partial charge in [0.1, 0.15) is 0 Å². The number of aromatic nitrogens is 1. The second-order valence-corrected chi connectivity index (χ2v) is 4.15. The minimum atomic E-state index is -0.323. The third-order valence-electron chi connectivity index (χ3n) is 2.69. The van der Waals surface area contributed by atoms with Crippen molar-refractivity contribution >= 4 is 18.1 Å². The number of pyridine rings is 1. The number of carbonyl (C=O) groups excluding carboxylic acids is 1. The van der Waals surface area contributed by atoms with Crippen LogP contribution >= 0.6 is 0 Å². The van der Waals surface area contributed by atoms with Gasteiger partial charge in [0, 0.05) is 5.69 Å². The lowest BCUT2D eigenvalue weighted by Gasteiger charge is -1.99. The van der Waals surface area contributed by atoms with Gasteiger partial charge in [-0.3, -0.25) is 4.98 Å². The summed E-state index contributed by atoms with van der Waals surface area (Å²) >= 11 is 0. The van der Waals surface area contributed by atoms with Crippen molar-refractivity contribution in [1.29, 1.82) is 0 Å². The zero-order valence-electron chi connectivity index (χ0n) is 11.0. The molecule has 1 aromatic heterocycles. The highest BCUT2D eigenvalue weighted by molar-refractivity contribution is 5.89. The van der Waals surface area contributed by atoms with Crippen molar-refractivity contribution < 1.29 is 9.53 Å². The van der Waals surface area contributed by atoms with Crippen molar-refractivity contribution in [3.05, 3.63) is 65.0 Å². The van der Waals surface area contributed by atoms with Crippen LogP contribution in [0.25, 0.3) is 12.2 Å². The van der Waals surface area contributed by atoms with Crippen molar-refractivity contribution in [2.24, 2.45) is 0 Å². The zero-order chi connectivity index (χ0) is 13.7. The van der Waals surface area contributed by atoms with E-state index in [1.54, 1.807) is 12.1 Å². The molecule has 0 radical (unpaired) electrons. The van der Waals surface area contributed by atoms with E-state index >= 15 is 0 Å². The molecule has 0 aliphatic heterocycles. The first-order valence-electron chi connectivity index (χ1n) is 5.99. The SMILES string of the molecule is COC(=O)c1ccc(C=Cc2cccc(C)n2)cc1. The molecular formula is C16H15NO2. The fourth-order valence-electron chi connectivity index (χ4n) is 1.69. The number of aryl methyl sites for hydroxylation is 1.